The summed E-state index contributed by atoms with van der Waals surface area (Å²) >= 11 is 0. The van der Waals surface area contributed by atoms with Crippen molar-refractivity contribution in [3.05, 3.63) is 66.4 Å². The number of methoxy groups -OCH3 is 1. The van der Waals surface area contributed by atoms with Gasteiger partial charge in [-0.2, -0.15) is 5.10 Å². The molecular weight excluding hydrogens is 418 g/mol. The summed E-state index contributed by atoms with van der Waals surface area (Å²) < 4.78 is 7.09. The number of carbonyl (C=O) groups is 2. The smallest absolute Gasteiger partial charge is 0.274 e. The molecule has 0 spiro atoms. The van der Waals surface area contributed by atoms with Crippen LogP contribution in [0.2, 0.25) is 0 Å². The molecule has 2 heterocycles. The molecule has 2 aromatic carbocycles. The highest BCUT2D eigenvalue weighted by atomic mass is 16.5. The van der Waals surface area contributed by atoms with Crippen molar-refractivity contribution in [3.63, 3.8) is 0 Å². The van der Waals surface area contributed by atoms with Crippen LogP contribution in [0.4, 0.5) is 11.5 Å². The second-order valence-electron chi connectivity index (χ2n) is 8.26. The molecular formula is C25H29N5O3. The van der Waals surface area contributed by atoms with E-state index in [1.54, 1.807) is 22.8 Å². The van der Waals surface area contributed by atoms with Crippen LogP contribution >= 0.6 is 0 Å². The van der Waals surface area contributed by atoms with E-state index in [0.29, 0.717) is 37.7 Å². The number of amides is 2. The maximum absolute atomic E-state index is 13.3. The highest BCUT2D eigenvalue weighted by Crippen LogP contribution is 2.28. The fraction of sp³-hybridized carbons (Fsp3) is 0.320. The number of para-hydroxylation sites is 3. The van der Waals surface area contributed by atoms with Gasteiger partial charge in [0.1, 0.15) is 11.6 Å². The largest absolute Gasteiger partial charge is 0.495 e. The first kappa shape index (κ1) is 22.4. The van der Waals surface area contributed by atoms with Crippen LogP contribution in [-0.4, -0.2) is 59.8 Å². The number of ether oxygens (including phenoxy) is 1. The summed E-state index contributed by atoms with van der Waals surface area (Å²) in [6.45, 7) is 6.19. The molecule has 0 saturated carbocycles. The van der Waals surface area contributed by atoms with Gasteiger partial charge in [0.15, 0.2) is 5.69 Å². The summed E-state index contributed by atoms with van der Waals surface area (Å²) in [5, 5.41) is 7.45. The van der Waals surface area contributed by atoms with Crippen molar-refractivity contribution in [1.82, 2.24) is 14.7 Å². The number of anilines is 2. The Morgan fingerprint density at radius 2 is 1.64 bits per heavy atom. The van der Waals surface area contributed by atoms with Gasteiger partial charge >= 0.3 is 0 Å². The lowest BCUT2D eigenvalue weighted by atomic mass is 10.2. The average Bonchev–Trinajstić information content (AvgIpc) is 3.27. The molecule has 1 aromatic heterocycles. The number of hydrogen-bond acceptors (Lipinski definition) is 5. The quantitative estimate of drug-likeness (QED) is 0.626. The Morgan fingerprint density at radius 1 is 0.970 bits per heavy atom. The van der Waals surface area contributed by atoms with Crippen molar-refractivity contribution in [2.24, 2.45) is 5.92 Å². The summed E-state index contributed by atoms with van der Waals surface area (Å²) in [6, 6.07) is 19.0. The van der Waals surface area contributed by atoms with Crippen molar-refractivity contribution >= 4 is 23.3 Å². The summed E-state index contributed by atoms with van der Waals surface area (Å²) in [5.74, 6) is 0.840. The third-order valence-electron chi connectivity index (χ3n) is 5.70. The maximum atomic E-state index is 13.3. The van der Waals surface area contributed by atoms with Crippen LogP contribution in [0.5, 0.6) is 5.75 Å². The molecule has 33 heavy (non-hydrogen) atoms. The minimum atomic E-state index is -0.189. The zero-order chi connectivity index (χ0) is 23.4. The number of piperazine rings is 1. The van der Waals surface area contributed by atoms with Crippen LogP contribution in [0.25, 0.3) is 5.69 Å². The van der Waals surface area contributed by atoms with Crippen LogP contribution in [0, 0.1) is 5.92 Å². The Hall–Kier alpha value is -3.81. The first-order valence-corrected chi connectivity index (χ1v) is 11.1. The Balaban J connectivity index is 1.52. The van der Waals surface area contributed by atoms with Crippen LogP contribution in [-0.2, 0) is 4.79 Å². The standard InChI is InChI=1S/C25H29N5O3/c1-18(2)24(31)26-23-17-20(27-30(23)19-9-5-4-6-10-19)25(32)29-15-13-28(14-16-29)21-11-7-8-12-22(21)33-3/h4-12,17-18H,13-16H2,1-3H3,(H,26,31). The van der Waals surface area contributed by atoms with Crippen molar-refractivity contribution in [3.8, 4) is 11.4 Å². The number of aromatic nitrogens is 2. The van der Waals surface area contributed by atoms with E-state index in [1.807, 2.05) is 68.4 Å². The van der Waals surface area contributed by atoms with Crippen molar-refractivity contribution in [2.45, 2.75) is 13.8 Å². The molecule has 172 valence electrons. The van der Waals surface area contributed by atoms with Gasteiger partial charge in [-0.15, -0.1) is 0 Å². The van der Waals surface area contributed by atoms with Crippen LogP contribution in [0.3, 0.4) is 0 Å². The van der Waals surface area contributed by atoms with Crippen molar-refractivity contribution in [2.75, 3.05) is 43.5 Å². The molecule has 4 rings (SSSR count). The van der Waals surface area contributed by atoms with Gasteiger partial charge in [0, 0.05) is 38.2 Å². The fourth-order valence-corrected chi connectivity index (χ4v) is 3.81. The van der Waals surface area contributed by atoms with Gasteiger partial charge in [0.05, 0.1) is 18.5 Å². The predicted molar refractivity (Wildman–Crippen MR) is 128 cm³/mol. The lowest BCUT2D eigenvalue weighted by Crippen LogP contribution is -2.49. The van der Waals surface area contributed by atoms with Crippen molar-refractivity contribution < 1.29 is 14.3 Å². The number of nitrogens with one attached hydrogen (secondary N) is 1. The average molecular weight is 448 g/mol. The summed E-state index contributed by atoms with van der Waals surface area (Å²) in [6.07, 6.45) is 0. The zero-order valence-electron chi connectivity index (χ0n) is 19.2. The molecule has 0 atom stereocenters. The third kappa shape index (κ3) is 4.84. The third-order valence-corrected chi connectivity index (χ3v) is 5.70. The molecule has 0 aliphatic carbocycles. The number of nitrogens with zero attached hydrogens (tertiary/aromatic N) is 4. The second-order valence-corrected chi connectivity index (χ2v) is 8.26. The Labute approximate surface area is 193 Å². The minimum absolute atomic E-state index is 0.128. The van der Waals surface area contributed by atoms with Crippen LogP contribution in [0.15, 0.2) is 60.7 Å². The molecule has 1 saturated heterocycles. The van der Waals surface area contributed by atoms with E-state index >= 15 is 0 Å². The van der Waals surface area contributed by atoms with E-state index in [4.69, 9.17) is 4.74 Å². The molecule has 1 aliphatic heterocycles. The Kier molecular flexibility index (Phi) is 6.63. The van der Waals surface area contributed by atoms with Gasteiger partial charge in [-0.1, -0.05) is 44.2 Å². The molecule has 1 aliphatic rings. The molecule has 2 amide bonds. The van der Waals surface area contributed by atoms with E-state index in [9.17, 15) is 9.59 Å². The first-order valence-electron chi connectivity index (χ1n) is 11.1. The SMILES string of the molecule is COc1ccccc1N1CCN(C(=O)c2cc(NC(=O)C(C)C)n(-c3ccccc3)n2)CC1. The second kappa shape index (κ2) is 9.77. The Morgan fingerprint density at radius 3 is 2.30 bits per heavy atom. The molecule has 1 N–H and O–H groups in total. The molecule has 8 nitrogen and oxygen atoms in total. The van der Waals surface area contributed by atoms with E-state index in [2.05, 4.69) is 15.3 Å². The van der Waals surface area contributed by atoms with Crippen LogP contribution in [0.1, 0.15) is 24.3 Å². The summed E-state index contributed by atoms with van der Waals surface area (Å²) in [4.78, 5) is 29.6. The van der Waals surface area contributed by atoms with Gasteiger partial charge < -0.3 is 19.9 Å². The topological polar surface area (TPSA) is 79.7 Å². The summed E-state index contributed by atoms with van der Waals surface area (Å²) in [7, 11) is 1.66. The Bertz CT molecular complexity index is 1120. The highest BCUT2D eigenvalue weighted by Gasteiger charge is 2.26. The fourth-order valence-electron chi connectivity index (χ4n) is 3.81. The van der Waals surface area contributed by atoms with Gasteiger partial charge in [-0.25, -0.2) is 4.68 Å². The maximum Gasteiger partial charge on any atom is 0.274 e. The van der Waals surface area contributed by atoms with Gasteiger partial charge in [-0.3, -0.25) is 9.59 Å². The molecule has 3 aromatic rings. The molecule has 0 unspecified atom stereocenters. The van der Waals surface area contributed by atoms with E-state index < -0.39 is 0 Å². The van der Waals surface area contributed by atoms with Gasteiger partial charge in [-0.05, 0) is 24.3 Å². The minimum Gasteiger partial charge on any atom is -0.495 e. The van der Waals surface area contributed by atoms with E-state index in [0.717, 1.165) is 17.1 Å². The molecule has 8 heteroatoms. The first-order chi connectivity index (χ1) is 16.0. The molecule has 0 radical (unpaired) electrons. The van der Waals surface area contributed by atoms with Crippen molar-refractivity contribution in [1.29, 1.82) is 0 Å². The monoisotopic (exact) mass is 447 g/mol. The predicted octanol–water partition coefficient (Wildman–Crippen LogP) is 3.44. The number of hydrogen-bond donors (Lipinski definition) is 1. The summed E-state index contributed by atoms with van der Waals surface area (Å²) in [5.41, 5.74) is 2.11. The number of rotatable bonds is 6. The van der Waals surface area contributed by atoms with Crippen LogP contribution < -0.4 is 15.0 Å². The van der Waals surface area contributed by atoms with E-state index in [1.165, 1.54) is 0 Å². The lowest BCUT2D eigenvalue weighted by molar-refractivity contribution is -0.118. The zero-order valence-corrected chi connectivity index (χ0v) is 19.2. The van der Waals surface area contributed by atoms with Gasteiger partial charge in [0.2, 0.25) is 5.91 Å². The number of carbonyl (C=O) groups excluding carboxylic acids is 2. The molecule has 1 fully saturated rings. The lowest BCUT2D eigenvalue weighted by Gasteiger charge is -2.36. The normalized spacial score (nSPS) is 13.8. The van der Waals surface area contributed by atoms with E-state index in [-0.39, 0.29) is 17.7 Å². The molecule has 0 bridgehead atoms. The highest BCUT2D eigenvalue weighted by molar-refractivity contribution is 5.96. The van der Waals surface area contributed by atoms with Gasteiger partial charge in [0.25, 0.3) is 5.91 Å². The number of benzene rings is 2.